The van der Waals surface area contributed by atoms with Crippen molar-refractivity contribution in [3.63, 3.8) is 0 Å². The molecule has 1 N–H and O–H groups in total. The minimum atomic E-state index is 0.113. The van der Waals surface area contributed by atoms with E-state index in [1.165, 1.54) is 29.5 Å². The molecule has 0 radical (unpaired) electrons. The van der Waals surface area contributed by atoms with E-state index < -0.39 is 0 Å². The third-order valence-corrected chi connectivity index (χ3v) is 11.8. The number of thioether (sulfide) groups is 2. The quantitative estimate of drug-likeness (QED) is 0.151. The van der Waals surface area contributed by atoms with Crippen molar-refractivity contribution in [2.45, 2.75) is 48.8 Å². The van der Waals surface area contributed by atoms with E-state index in [9.17, 15) is 4.79 Å². The number of nitrogens with zero attached hydrogens (tertiary/aromatic N) is 2. The van der Waals surface area contributed by atoms with Gasteiger partial charge in [-0.05, 0) is 91.2 Å². The molecular formula is C37H48ClN3O3S2. The minimum absolute atomic E-state index is 0.113. The Morgan fingerprint density at radius 1 is 0.891 bits per heavy atom. The van der Waals surface area contributed by atoms with Gasteiger partial charge in [0.25, 0.3) is 0 Å². The van der Waals surface area contributed by atoms with Gasteiger partial charge >= 0.3 is 0 Å². The summed E-state index contributed by atoms with van der Waals surface area (Å²) in [4.78, 5) is 18.3. The monoisotopic (exact) mass is 681 g/mol. The standard InChI is InChI=1S/C37H48ClN3O3S2/c1-40-31-12-17-36(40)35(34(22-31)29-8-10-30(38)11-9-29)23-41(19-21-46-26-28-6-15-33(44-3)16-7-28)24-37(42)39-18-20-45-25-27-4-13-32(43-2)14-5-27/h4-11,13-16,31,34-36H,12,17-26H2,1-3H3,(H,39,42)/t31?,34-,35+,36?/m1/s1. The zero-order chi connectivity index (χ0) is 32.3. The lowest BCUT2D eigenvalue weighted by molar-refractivity contribution is -0.122. The lowest BCUT2D eigenvalue weighted by Crippen LogP contribution is -2.51. The Hall–Kier alpha value is -2.36. The Balaban J connectivity index is 1.18. The Labute approximate surface area is 288 Å². The number of rotatable bonds is 17. The molecule has 3 aromatic carbocycles. The summed E-state index contributed by atoms with van der Waals surface area (Å²) in [5.41, 5.74) is 3.93. The Morgan fingerprint density at radius 3 is 2.11 bits per heavy atom. The number of hydrogen-bond donors (Lipinski definition) is 1. The molecular weight excluding hydrogens is 634 g/mol. The maximum Gasteiger partial charge on any atom is 0.234 e. The van der Waals surface area contributed by atoms with Crippen LogP contribution in [-0.2, 0) is 16.3 Å². The van der Waals surface area contributed by atoms with Gasteiger partial charge < -0.3 is 19.7 Å². The largest absolute Gasteiger partial charge is 0.497 e. The van der Waals surface area contributed by atoms with Crippen molar-refractivity contribution in [3.8, 4) is 11.5 Å². The second kappa shape index (κ2) is 17.7. The fourth-order valence-electron chi connectivity index (χ4n) is 6.99. The highest BCUT2D eigenvalue weighted by molar-refractivity contribution is 7.98. The van der Waals surface area contributed by atoms with Crippen molar-refractivity contribution in [1.29, 1.82) is 0 Å². The molecule has 5 rings (SSSR count). The summed E-state index contributed by atoms with van der Waals surface area (Å²) in [6.45, 7) is 2.89. The van der Waals surface area contributed by atoms with Crippen LogP contribution in [0.1, 0.15) is 41.9 Å². The van der Waals surface area contributed by atoms with Gasteiger partial charge in [0, 0.05) is 59.8 Å². The smallest absolute Gasteiger partial charge is 0.234 e. The zero-order valence-electron chi connectivity index (χ0n) is 27.3. The molecule has 3 aromatic rings. The van der Waals surface area contributed by atoms with Crippen LogP contribution in [0.15, 0.2) is 72.8 Å². The number of carbonyl (C=O) groups is 1. The molecule has 0 aliphatic carbocycles. The first-order valence-electron chi connectivity index (χ1n) is 16.3. The normalized spacial score (nSPS) is 21.0. The molecule has 0 aromatic heterocycles. The lowest BCUT2D eigenvalue weighted by Gasteiger charge is -2.45. The van der Waals surface area contributed by atoms with Crippen LogP contribution >= 0.6 is 35.1 Å². The number of benzene rings is 3. The highest BCUT2D eigenvalue weighted by atomic mass is 35.5. The van der Waals surface area contributed by atoms with Crippen LogP contribution in [0.25, 0.3) is 0 Å². The van der Waals surface area contributed by atoms with E-state index in [0.29, 0.717) is 37.0 Å². The maximum atomic E-state index is 13.3. The molecule has 2 saturated heterocycles. The van der Waals surface area contributed by atoms with Gasteiger partial charge in [0.05, 0.1) is 20.8 Å². The van der Waals surface area contributed by atoms with E-state index in [0.717, 1.165) is 59.0 Å². The number of carbonyl (C=O) groups excluding carboxylic acids is 1. The van der Waals surface area contributed by atoms with Gasteiger partial charge in [-0.15, -0.1) is 0 Å². The molecule has 6 nitrogen and oxygen atoms in total. The number of methoxy groups -OCH3 is 2. The van der Waals surface area contributed by atoms with E-state index in [4.69, 9.17) is 21.1 Å². The topological polar surface area (TPSA) is 54.0 Å². The molecule has 0 saturated carbocycles. The van der Waals surface area contributed by atoms with Crippen LogP contribution in [0.3, 0.4) is 0 Å². The number of amides is 1. The van der Waals surface area contributed by atoms with Crippen molar-refractivity contribution in [2.24, 2.45) is 5.92 Å². The van der Waals surface area contributed by atoms with Crippen molar-refractivity contribution in [1.82, 2.24) is 15.1 Å². The second-order valence-corrected chi connectivity index (χ2v) is 15.1. The molecule has 248 valence electrons. The third kappa shape index (κ3) is 9.83. The summed E-state index contributed by atoms with van der Waals surface area (Å²) in [6.07, 6.45) is 3.65. The van der Waals surface area contributed by atoms with Crippen LogP contribution in [0.5, 0.6) is 11.5 Å². The molecule has 2 aliphatic heterocycles. The molecule has 46 heavy (non-hydrogen) atoms. The Bertz CT molecular complexity index is 1360. The fraction of sp³-hybridized carbons (Fsp3) is 0.486. The summed E-state index contributed by atoms with van der Waals surface area (Å²) >= 11 is 10.0. The second-order valence-electron chi connectivity index (χ2n) is 12.4. The van der Waals surface area contributed by atoms with Crippen molar-refractivity contribution < 1.29 is 14.3 Å². The number of ether oxygens (including phenoxy) is 2. The van der Waals surface area contributed by atoms with Gasteiger partial charge in [0.1, 0.15) is 11.5 Å². The molecule has 2 bridgehead atoms. The average Bonchev–Trinajstić information content (AvgIpc) is 3.32. The van der Waals surface area contributed by atoms with Crippen LogP contribution in [0.2, 0.25) is 5.02 Å². The summed E-state index contributed by atoms with van der Waals surface area (Å²) in [6, 6.07) is 26.2. The van der Waals surface area contributed by atoms with E-state index in [1.54, 1.807) is 14.2 Å². The number of halogens is 1. The first kappa shape index (κ1) is 35.0. The zero-order valence-corrected chi connectivity index (χ0v) is 29.7. The first-order chi connectivity index (χ1) is 22.4. The molecule has 4 atom stereocenters. The predicted molar refractivity (Wildman–Crippen MR) is 195 cm³/mol. The van der Waals surface area contributed by atoms with Gasteiger partial charge in [-0.1, -0.05) is 48.0 Å². The maximum absolute atomic E-state index is 13.3. The van der Waals surface area contributed by atoms with Crippen LogP contribution in [0.4, 0.5) is 0 Å². The Kier molecular flexibility index (Phi) is 13.4. The van der Waals surface area contributed by atoms with Crippen molar-refractivity contribution in [2.75, 3.05) is 59.0 Å². The van der Waals surface area contributed by atoms with E-state index in [-0.39, 0.29) is 5.91 Å². The molecule has 9 heteroatoms. The molecule has 2 unspecified atom stereocenters. The molecule has 1 amide bonds. The highest BCUT2D eigenvalue weighted by Crippen LogP contribution is 2.46. The SMILES string of the molecule is COc1ccc(CSCCNC(=O)CN(CCSCc2ccc(OC)cc2)C[C@@H]2C3CCC(C[C@@H]2c2ccc(Cl)cc2)N3C)cc1. The third-order valence-electron chi connectivity index (χ3n) is 9.54. The summed E-state index contributed by atoms with van der Waals surface area (Å²) in [7, 11) is 5.69. The molecule has 2 aliphatic rings. The van der Waals surface area contributed by atoms with Crippen molar-refractivity contribution >= 4 is 41.0 Å². The number of piperidine rings is 1. The lowest BCUT2D eigenvalue weighted by atomic mass is 9.76. The van der Waals surface area contributed by atoms with E-state index in [2.05, 4.69) is 58.6 Å². The molecule has 2 heterocycles. The number of hydrogen-bond acceptors (Lipinski definition) is 7. The van der Waals surface area contributed by atoms with Gasteiger partial charge in [0.15, 0.2) is 0 Å². The fourth-order valence-corrected chi connectivity index (χ4v) is 8.90. The number of nitrogens with one attached hydrogen (secondary N) is 1. The van der Waals surface area contributed by atoms with Gasteiger partial charge in [-0.2, -0.15) is 23.5 Å². The molecule has 2 fully saturated rings. The predicted octanol–water partition coefficient (Wildman–Crippen LogP) is 7.21. The van der Waals surface area contributed by atoms with Gasteiger partial charge in [-0.25, -0.2) is 0 Å². The van der Waals surface area contributed by atoms with Crippen molar-refractivity contribution in [3.05, 3.63) is 94.5 Å². The average molecular weight is 682 g/mol. The van der Waals surface area contributed by atoms with Gasteiger partial charge in [0.2, 0.25) is 5.91 Å². The Morgan fingerprint density at radius 2 is 1.50 bits per heavy atom. The van der Waals surface area contributed by atoms with Gasteiger partial charge in [-0.3, -0.25) is 9.69 Å². The first-order valence-corrected chi connectivity index (χ1v) is 19.0. The van der Waals surface area contributed by atoms with Crippen LogP contribution in [-0.4, -0.2) is 86.7 Å². The summed E-state index contributed by atoms with van der Waals surface area (Å²) in [5.74, 6) is 6.51. The van der Waals surface area contributed by atoms with Crippen LogP contribution < -0.4 is 14.8 Å². The van der Waals surface area contributed by atoms with E-state index in [1.807, 2.05) is 59.9 Å². The van der Waals surface area contributed by atoms with E-state index >= 15 is 0 Å². The number of fused-ring (bicyclic) bond motifs is 2. The summed E-state index contributed by atoms with van der Waals surface area (Å²) in [5, 5.41) is 3.99. The summed E-state index contributed by atoms with van der Waals surface area (Å²) < 4.78 is 10.6. The molecule has 0 spiro atoms. The van der Waals surface area contributed by atoms with Crippen LogP contribution in [0, 0.1) is 5.92 Å². The minimum Gasteiger partial charge on any atom is -0.497 e. The highest BCUT2D eigenvalue weighted by Gasteiger charge is 2.46.